The predicted molar refractivity (Wildman–Crippen MR) is 42.7 cm³/mol. The fourth-order valence-electron chi connectivity index (χ4n) is 0.354. The van der Waals surface area contributed by atoms with Gasteiger partial charge in [0.25, 0.3) is 0 Å². The maximum absolute atomic E-state index is 4.90. The van der Waals surface area contributed by atoms with Crippen LogP contribution in [-0.4, -0.2) is 18.2 Å². The van der Waals surface area contributed by atoms with E-state index in [1.165, 1.54) is 19.3 Å². The van der Waals surface area contributed by atoms with Gasteiger partial charge in [-0.2, -0.15) is 0 Å². The van der Waals surface area contributed by atoms with Crippen LogP contribution in [0.3, 0.4) is 0 Å². The average Bonchev–Trinajstić information content (AvgIpc) is 1.71. The highest BCUT2D eigenvalue weighted by atomic mass is 35.6. The molecule has 48 valence electrons. The SMILES string of the molecule is CCCCC.[Cl][Mg][Cl]. The zero-order valence-electron chi connectivity index (χ0n) is 5.58. The fourth-order valence-corrected chi connectivity index (χ4v) is 0.354. The van der Waals surface area contributed by atoms with Crippen molar-refractivity contribution in [3.63, 3.8) is 0 Å². The minimum absolute atomic E-state index is 0.639. The molecule has 0 saturated heterocycles. The van der Waals surface area contributed by atoms with E-state index in [-0.39, 0.29) is 0 Å². The maximum atomic E-state index is 4.90. The van der Waals surface area contributed by atoms with Crippen LogP contribution in [0.4, 0.5) is 0 Å². The molecule has 0 atom stereocenters. The molecular formula is C5H12Cl2Mg. The quantitative estimate of drug-likeness (QED) is 0.554. The summed E-state index contributed by atoms with van der Waals surface area (Å²) in [6.45, 7) is 4.42. The van der Waals surface area contributed by atoms with Crippen molar-refractivity contribution in [1.29, 1.82) is 0 Å². The Kier molecular flexibility index (Phi) is 23.8. The molecule has 0 fully saturated rings. The standard InChI is InChI=1S/C5H12.2ClH.Mg/c1-3-5-4-2;;;/h3-5H2,1-2H3;2*1H;/q;;;+2/p-2. The van der Waals surface area contributed by atoms with Crippen molar-refractivity contribution in [3.8, 4) is 0 Å². The smallest absolute Gasteiger partial charge is 0.309 e. The Morgan fingerprint density at radius 1 is 1.12 bits per heavy atom. The molecular weight excluding hydrogens is 155 g/mol. The van der Waals surface area contributed by atoms with Crippen LogP contribution in [0, 0.1) is 0 Å². The summed E-state index contributed by atoms with van der Waals surface area (Å²) in [5, 5.41) is 0. The zero-order chi connectivity index (χ0) is 6.83. The van der Waals surface area contributed by atoms with Gasteiger partial charge in [0, 0.05) is 0 Å². The molecule has 0 heterocycles. The molecule has 0 bridgehead atoms. The number of rotatable bonds is 2. The van der Waals surface area contributed by atoms with Crippen LogP contribution in [0.1, 0.15) is 33.1 Å². The van der Waals surface area contributed by atoms with Crippen LogP contribution in [0.5, 0.6) is 0 Å². The van der Waals surface area contributed by atoms with Crippen molar-refractivity contribution in [2.75, 3.05) is 0 Å². The molecule has 0 aliphatic heterocycles. The van der Waals surface area contributed by atoms with Gasteiger partial charge in [-0.15, -0.1) is 0 Å². The average molecular weight is 167 g/mol. The molecule has 0 rings (SSSR count). The summed E-state index contributed by atoms with van der Waals surface area (Å²) in [5.74, 6) is 0. The Bertz CT molecular complexity index is 24.4. The number of hydrogen-bond donors (Lipinski definition) is 0. The second-order valence-corrected chi connectivity index (χ2v) is 4.08. The van der Waals surface area contributed by atoms with E-state index >= 15 is 0 Å². The molecule has 8 heavy (non-hydrogen) atoms. The Hall–Kier alpha value is 1.35. The molecule has 0 N–H and O–H groups in total. The minimum atomic E-state index is -0.639. The first-order chi connectivity index (χ1) is 3.83. The van der Waals surface area contributed by atoms with Gasteiger partial charge in [0.2, 0.25) is 0 Å². The van der Waals surface area contributed by atoms with E-state index in [1.807, 2.05) is 0 Å². The lowest BCUT2D eigenvalue weighted by molar-refractivity contribution is 0.772. The maximum Gasteiger partial charge on any atom is 0.618 e. The Labute approximate surface area is 69.2 Å². The minimum Gasteiger partial charge on any atom is -0.309 e. The topological polar surface area (TPSA) is 0 Å². The second kappa shape index (κ2) is 15.8. The van der Waals surface area contributed by atoms with E-state index in [4.69, 9.17) is 18.1 Å². The van der Waals surface area contributed by atoms with E-state index < -0.39 is 18.2 Å². The van der Waals surface area contributed by atoms with Crippen molar-refractivity contribution < 1.29 is 0 Å². The lowest BCUT2D eigenvalue weighted by Gasteiger charge is -1.79. The van der Waals surface area contributed by atoms with Gasteiger partial charge in [-0.3, -0.25) is 0 Å². The van der Waals surface area contributed by atoms with Crippen molar-refractivity contribution >= 4 is 36.3 Å². The van der Waals surface area contributed by atoms with Gasteiger partial charge in [-0.25, -0.2) is 0 Å². The largest absolute Gasteiger partial charge is 0.618 e. The molecule has 0 aromatic heterocycles. The monoisotopic (exact) mass is 166 g/mol. The van der Waals surface area contributed by atoms with Crippen molar-refractivity contribution in [1.82, 2.24) is 0 Å². The first-order valence-electron chi connectivity index (χ1n) is 2.95. The van der Waals surface area contributed by atoms with Crippen LogP contribution < -0.4 is 0 Å². The molecule has 0 radical (unpaired) electrons. The number of hydrogen-bond acceptors (Lipinski definition) is 0. The fraction of sp³-hybridized carbons (Fsp3) is 1.00. The summed E-state index contributed by atoms with van der Waals surface area (Å²) in [7, 11) is 9.81. The first kappa shape index (κ1) is 12.1. The van der Waals surface area contributed by atoms with Gasteiger partial charge in [-0.1, -0.05) is 33.1 Å². The summed E-state index contributed by atoms with van der Waals surface area (Å²) in [4.78, 5) is 0. The summed E-state index contributed by atoms with van der Waals surface area (Å²) in [6, 6.07) is 0. The van der Waals surface area contributed by atoms with Gasteiger partial charge >= 0.3 is 18.2 Å². The Morgan fingerprint density at radius 3 is 1.38 bits per heavy atom. The van der Waals surface area contributed by atoms with Crippen LogP contribution >= 0.6 is 18.1 Å². The second-order valence-electron chi connectivity index (χ2n) is 1.45. The highest BCUT2D eigenvalue weighted by Crippen LogP contribution is 1.88. The third kappa shape index (κ3) is 26.4. The lowest BCUT2D eigenvalue weighted by Crippen LogP contribution is -1.59. The van der Waals surface area contributed by atoms with Gasteiger partial charge < -0.3 is 18.1 Å². The summed E-state index contributed by atoms with van der Waals surface area (Å²) in [6.07, 6.45) is 4.08. The van der Waals surface area contributed by atoms with Gasteiger partial charge in [0.1, 0.15) is 0 Å². The molecule has 0 aliphatic carbocycles. The molecule has 0 aliphatic rings. The van der Waals surface area contributed by atoms with Gasteiger partial charge in [0.05, 0.1) is 0 Å². The zero-order valence-corrected chi connectivity index (χ0v) is 8.51. The van der Waals surface area contributed by atoms with Crippen molar-refractivity contribution in [3.05, 3.63) is 0 Å². The van der Waals surface area contributed by atoms with Gasteiger partial charge in [0.15, 0.2) is 0 Å². The third-order valence-corrected chi connectivity index (χ3v) is 0.707. The van der Waals surface area contributed by atoms with Crippen LogP contribution in [0.15, 0.2) is 0 Å². The molecule has 0 spiro atoms. The van der Waals surface area contributed by atoms with Crippen LogP contribution in [0.25, 0.3) is 0 Å². The van der Waals surface area contributed by atoms with Crippen LogP contribution in [-0.2, 0) is 0 Å². The Morgan fingerprint density at radius 2 is 1.38 bits per heavy atom. The van der Waals surface area contributed by atoms with E-state index in [9.17, 15) is 0 Å². The van der Waals surface area contributed by atoms with Crippen molar-refractivity contribution in [2.24, 2.45) is 0 Å². The molecule has 0 aromatic rings. The molecule has 3 heteroatoms. The van der Waals surface area contributed by atoms with Crippen LogP contribution in [0.2, 0.25) is 0 Å². The highest BCUT2D eigenvalue weighted by molar-refractivity contribution is 7.22. The van der Waals surface area contributed by atoms with Crippen molar-refractivity contribution in [2.45, 2.75) is 33.1 Å². The third-order valence-electron chi connectivity index (χ3n) is 0.707. The van der Waals surface area contributed by atoms with E-state index in [2.05, 4.69) is 13.8 Å². The molecule has 0 unspecified atom stereocenters. The number of halogens is 2. The molecule has 0 amide bonds. The molecule has 0 nitrogen and oxygen atoms in total. The summed E-state index contributed by atoms with van der Waals surface area (Å²) < 4.78 is 0. The van der Waals surface area contributed by atoms with E-state index in [0.717, 1.165) is 0 Å². The van der Waals surface area contributed by atoms with Gasteiger partial charge in [-0.05, 0) is 0 Å². The summed E-state index contributed by atoms with van der Waals surface area (Å²) in [5.41, 5.74) is 0. The lowest BCUT2D eigenvalue weighted by atomic mass is 10.3. The normalized spacial score (nSPS) is 6.50. The Balaban J connectivity index is 0. The summed E-state index contributed by atoms with van der Waals surface area (Å²) >= 11 is -0.639. The highest BCUT2D eigenvalue weighted by Gasteiger charge is 1.68. The molecule has 0 saturated carbocycles. The van der Waals surface area contributed by atoms with E-state index in [1.54, 1.807) is 0 Å². The first-order valence-corrected chi connectivity index (χ1v) is 7.22. The molecule has 0 aromatic carbocycles. The van der Waals surface area contributed by atoms with E-state index in [0.29, 0.717) is 0 Å². The predicted octanol–water partition coefficient (Wildman–Crippen LogP) is 3.19. The number of unbranched alkanes of at least 4 members (excludes halogenated alkanes) is 2.